The molecule has 2 N–H and O–H groups in total. The zero-order chi connectivity index (χ0) is 22.9. The van der Waals surface area contributed by atoms with E-state index >= 15 is 4.39 Å². The van der Waals surface area contributed by atoms with Crippen LogP contribution in [0.4, 0.5) is 4.39 Å². The molecule has 2 heterocycles. The summed E-state index contributed by atoms with van der Waals surface area (Å²) in [6.45, 7) is 4.10. The van der Waals surface area contributed by atoms with Crippen LogP contribution in [0, 0.1) is 6.92 Å². The number of piperidine rings is 1. The lowest BCUT2D eigenvalue weighted by Gasteiger charge is -2.37. The van der Waals surface area contributed by atoms with Gasteiger partial charge in [-0.25, -0.2) is 8.96 Å². The third kappa shape index (κ3) is 5.38. The molecule has 2 aliphatic heterocycles. The molecule has 1 amide bonds. The zero-order valence-corrected chi connectivity index (χ0v) is 18.8. The quantitative estimate of drug-likeness (QED) is 0.640. The number of benzene rings is 2. The maximum Gasteiger partial charge on any atom is 0.524 e. The SMILES string of the molecule is Cc1ccc(CN2CCC(N3CCC(c4ccc(OP(=O)(O)O)cc4)C(F)C3)C2=O)cc1. The zero-order valence-electron chi connectivity index (χ0n) is 17.9. The first-order valence-corrected chi connectivity index (χ1v) is 12.3. The molecule has 172 valence electrons. The minimum absolute atomic E-state index is 0.0418. The maximum absolute atomic E-state index is 15.1. The lowest BCUT2D eigenvalue weighted by atomic mass is 9.87. The summed E-state index contributed by atoms with van der Waals surface area (Å²) in [6, 6.07) is 14.0. The molecule has 0 aromatic heterocycles. The molecule has 0 aliphatic carbocycles. The summed E-state index contributed by atoms with van der Waals surface area (Å²) in [6.07, 6.45) is 0.147. The van der Waals surface area contributed by atoms with Crippen molar-refractivity contribution in [3.8, 4) is 5.75 Å². The molecule has 9 heteroatoms. The highest BCUT2D eigenvalue weighted by Crippen LogP contribution is 2.39. The van der Waals surface area contributed by atoms with Gasteiger partial charge in [-0.05, 0) is 49.6 Å². The molecule has 2 saturated heterocycles. The number of aryl methyl sites for hydroxylation is 1. The van der Waals surface area contributed by atoms with Crippen molar-refractivity contribution in [2.24, 2.45) is 0 Å². The summed E-state index contributed by atoms with van der Waals surface area (Å²) >= 11 is 0. The maximum atomic E-state index is 15.1. The van der Waals surface area contributed by atoms with Gasteiger partial charge in [0.05, 0.1) is 6.04 Å². The molecule has 3 unspecified atom stereocenters. The van der Waals surface area contributed by atoms with Gasteiger partial charge in [-0.1, -0.05) is 42.0 Å². The number of alkyl halides is 1. The van der Waals surface area contributed by atoms with Crippen LogP contribution in [0.5, 0.6) is 5.75 Å². The van der Waals surface area contributed by atoms with E-state index in [9.17, 15) is 9.36 Å². The molecule has 2 aliphatic rings. The molecule has 4 rings (SSSR count). The largest absolute Gasteiger partial charge is 0.524 e. The number of nitrogens with zero attached hydrogens (tertiary/aromatic N) is 2. The number of amides is 1. The summed E-state index contributed by atoms with van der Waals surface area (Å²) in [7, 11) is -4.62. The van der Waals surface area contributed by atoms with Crippen molar-refractivity contribution in [2.45, 2.75) is 44.4 Å². The first-order valence-electron chi connectivity index (χ1n) is 10.8. The molecule has 7 nitrogen and oxygen atoms in total. The first-order chi connectivity index (χ1) is 15.2. The second-order valence-electron chi connectivity index (χ2n) is 8.61. The standard InChI is InChI=1S/C23H28FN2O5P/c1-16-2-4-17(5-3-16)14-26-13-11-22(23(26)27)25-12-10-20(21(24)15-25)18-6-8-19(9-7-18)31-32(28,29)30/h2-9,20-22H,10-15H2,1H3,(H2,28,29,30). The summed E-state index contributed by atoms with van der Waals surface area (Å²) < 4.78 is 30.6. The van der Waals surface area contributed by atoms with Crippen molar-refractivity contribution in [3.63, 3.8) is 0 Å². The Morgan fingerprint density at radius 3 is 2.38 bits per heavy atom. The molecular formula is C23H28FN2O5P. The van der Waals surface area contributed by atoms with Crippen LogP contribution in [-0.4, -0.2) is 57.3 Å². The molecule has 0 radical (unpaired) electrons. The molecule has 0 spiro atoms. The fourth-order valence-electron chi connectivity index (χ4n) is 4.63. The number of likely N-dealkylation sites (tertiary alicyclic amines) is 2. The molecule has 0 saturated carbocycles. The van der Waals surface area contributed by atoms with E-state index in [4.69, 9.17) is 9.79 Å². The number of hydrogen-bond acceptors (Lipinski definition) is 4. The number of phosphoric acid groups is 1. The van der Waals surface area contributed by atoms with Crippen molar-refractivity contribution in [1.29, 1.82) is 0 Å². The molecule has 3 atom stereocenters. The number of carbonyl (C=O) groups is 1. The number of phosphoric ester groups is 1. The van der Waals surface area contributed by atoms with Crippen molar-refractivity contribution in [3.05, 3.63) is 65.2 Å². The van der Waals surface area contributed by atoms with Crippen LogP contribution in [0.15, 0.2) is 48.5 Å². The summed E-state index contributed by atoms with van der Waals surface area (Å²) in [5.41, 5.74) is 3.03. The minimum Gasteiger partial charge on any atom is -0.404 e. The van der Waals surface area contributed by atoms with Gasteiger partial charge in [0.2, 0.25) is 5.91 Å². The van der Waals surface area contributed by atoms with Gasteiger partial charge in [-0.2, -0.15) is 0 Å². The number of rotatable bonds is 6. The predicted octanol–water partition coefficient (Wildman–Crippen LogP) is 3.40. The summed E-state index contributed by atoms with van der Waals surface area (Å²) in [5, 5.41) is 0. The molecule has 0 bridgehead atoms. The average molecular weight is 462 g/mol. The normalized spacial score (nSPS) is 24.7. The molecular weight excluding hydrogens is 434 g/mol. The molecule has 2 fully saturated rings. The Labute approximate surface area is 187 Å². The minimum atomic E-state index is -4.62. The van der Waals surface area contributed by atoms with Gasteiger partial charge in [0.15, 0.2) is 0 Å². The van der Waals surface area contributed by atoms with Gasteiger partial charge in [-0.3, -0.25) is 19.5 Å². The lowest BCUT2D eigenvalue weighted by molar-refractivity contribution is -0.133. The Morgan fingerprint density at radius 2 is 1.75 bits per heavy atom. The van der Waals surface area contributed by atoms with Crippen molar-refractivity contribution in [2.75, 3.05) is 19.6 Å². The molecule has 32 heavy (non-hydrogen) atoms. The van der Waals surface area contributed by atoms with Crippen LogP contribution < -0.4 is 4.52 Å². The Kier molecular flexibility index (Phi) is 6.67. The highest BCUT2D eigenvalue weighted by molar-refractivity contribution is 7.46. The van der Waals surface area contributed by atoms with E-state index in [0.29, 0.717) is 32.5 Å². The Morgan fingerprint density at radius 1 is 1.06 bits per heavy atom. The van der Waals surface area contributed by atoms with E-state index in [-0.39, 0.29) is 30.2 Å². The lowest BCUT2D eigenvalue weighted by Crippen LogP contribution is -2.49. The van der Waals surface area contributed by atoms with Gasteiger partial charge in [-0.15, -0.1) is 0 Å². The summed E-state index contributed by atoms with van der Waals surface area (Å²) in [5.74, 6) is -0.217. The highest BCUT2D eigenvalue weighted by atomic mass is 31.2. The number of hydrogen-bond donors (Lipinski definition) is 2. The Bertz CT molecular complexity index is 994. The van der Waals surface area contributed by atoms with Gasteiger partial charge in [0, 0.05) is 25.6 Å². The number of halogens is 1. The van der Waals surface area contributed by atoms with Crippen LogP contribution in [0.1, 0.15) is 35.4 Å². The van der Waals surface area contributed by atoms with Gasteiger partial charge in [0.25, 0.3) is 0 Å². The smallest absolute Gasteiger partial charge is 0.404 e. The van der Waals surface area contributed by atoms with Crippen LogP contribution in [-0.2, 0) is 15.9 Å². The predicted molar refractivity (Wildman–Crippen MR) is 118 cm³/mol. The fraction of sp³-hybridized carbons (Fsp3) is 0.435. The van der Waals surface area contributed by atoms with Crippen molar-refractivity contribution in [1.82, 2.24) is 9.80 Å². The van der Waals surface area contributed by atoms with E-state index in [1.54, 1.807) is 12.1 Å². The van der Waals surface area contributed by atoms with Crippen molar-refractivity contribution < 1.29 is 28.1 Å². The fourth-order valence-corrected chi connectivity index (χ4v) is 5.03. The topological polar surface area (TPSA) is 90.3 Å². The van der Waals surface area contributed by atoms with Gasteiger partial charge in [0.1, 0.15) is 11.9 Å². The molecule has 2 aromatic rings. The van der Waals surface area contributed by atoms with Crippen LogP contribution in [0.2, 0.25) is 0 Å². The second-order valence-corrected chi connectivity index (χ2v) is 9.77. The Hall–Kier alpha value is -2.25. The first kappa shape index (κ1) is 22.9. The van der Waals surface area contributed by atoms with E-state index in [2.05, 4.69) is 4.52 Å². The van der Waals surface area contributed by atoms with Crippen LogP contribution >= 0.6 is 7.82 Å². The van der Waals surface area contributed by atoms with Crippen LogP contribution in [0.25, 0.3) is 0 Å². The van der Waals surface area contributed by atoms with E-state index in [1.807, 2.05) is 41.0 Å². The highest BCUT2D eigenvalue weighted by Gasteiger charge is 2.40. The van der Waals surface area contributed by atoms with Gasteiger partial charge >= 0.3 is 7.82 Å². The monoisotopic (exact) mass is 462 g/mol. The van der Waals surface area contributed by atoms with E-state index < -0.39 is 14.0 Å². The van der Waals surface area contributed by atoms with E-state index in [1.165, 1.54) is 17.7 Å². The van der Waals surface area contributed by atoms with E-state index in [0.717, 1.165) is 11.1 Å². The van der Waals surface area contributed by atoms with Crippen LogP contribution in [0.3, 0.4) is 0 Å². The third-order valence-corrected chi connectivity index (χ3v) is 6.76. The number of carbonyl (C=O) groups excluding carboxylic acids is 1. The second kappa shape index (κ2) is 9.32. The Balaban J connectivity index is 1.34. The third-order valence-electron chi connectivity index (χ3n) is 6.31. The van der Waals surface area contributed by atoms with Crippen molar-refractivity contribution >= 4 is 13.7 Å². The van der Waals surface area contributed by atoms with Gasteiger partial charge < -0.3 is 9.42 Å². The summed E-state index contributed by atoms with van der Waals surface area (Å²) in [4.78, 5) is 34.6. The average Bonchev–Trinajstić information content (AvgIpc) is 3.09. The molecule has 2 aromatic carbocycles.